The minimum Gasteiger partial charge on any atom is -0.355 e. The highest BCUT2D eigenvalue weighted by Gasteiger charge is 2.25. The highest BCUT2D eigenvalue weighted by atomic mass is 16.2. The molecule has 5 nitrogen and oxygen atoms in total. The van der Waals surface area contributed by atoms with E-state index in [9.17, 15) is 9.59 Å². The van der Waals surface area contributed by atoms with Gasteiger partial charge in [-0.1, -0.05) is 30.3 Å². The first-order valence-corrected chi connectivity index (χ1v) is 7.48. The number of hydrogen-bond donors (Lipinski definition) is 2. The molecule has 2 N–H and O–H groups in total. The van der Waals surface area contributed by atoms with Crippen molar-refractivity contribution in [1.82, 2.24) is 15.5 Å². The quantitative estimate of drug-likeness (QED) is 0.813. The maximum absolute atomic E-state index is 12.1. The molecule has 114 valence electrons. The van der Waals surface area contributed by atoms with Gasteiger partial charge in [-0.2, -0.15) is 0 Å². The van der Waals surface area contributed by atoms with Crippen molar-refractivity contribution in [3.8, 4) is 0 Å². The number of carbonyl (C=O) groups is 2. The first-order chi connectivity index (χ1) is 10.2. The fourth-order valence-electron chi connectivity index (χ4n) is 2.65. The zero-order valence-corrected chi connectivity index (χ0v) is 12.5. The molecule has 0 saturated carbocycles. The molecule has 0 spiro atoms. The molecular formula is C16H23N3O2. The van der Waals surface area contributed by atoms with Crippen LogP contribution in [-0.4, -0.2) is 42.9 Å². The van der Waals surface area contributed by atoms with Crippen molar-refractivity contribution in [2.75, 3.05) is 26.2 Å². The number of carbonyl (C=O) groups excluding carboxylic acids is 2. The van der Waals surface area contributed by atoms with Crippen LogP contribution in [0.3, 0.4) is 0 Å². The third kappa shape index (κ3) is 4.56. The molecule has 1 aromatic rings. The minimum absolute atomic E-state index is 0.0101. The molecule has 0 aliphatic carbocycles. The Kier molecular flexibility index (Phi) is 5.75. The molecule has 0 aromatic heterocycles. The van der Waals surface area contributed by atoms with Crippen LogP contribution in [0, 0.1) is 0 Å². The molecule has 1 aliphatic rings. The maximum Gasteiger partial charge on any atom is 0.222 e. The van der Waals surface area contributed by atoms with Crippen LogP contribution in [0.25, 0.3) is 0 Å². The summed E-state index contributed by atoms with van der Waals surface area (Å²) < 4.78 is 0. The minimum atomic E-state index is -0.193. The van der Waals surface area contributed by atoms with Gasteiger partial charge in [0.25, 0.3) is 0 Å². The number of rotatable bonds is 1. The lowest BCUT2D eigenvalue weighted by molar-refractivity contribution is -0.132. The Morgan fingerprint density at radius 3 is 2.67 bits per heavy atom. The largest absolute Gasteiger partial charge is 0.355 e. The van der Waals surface area contributed by atoms with Crippen molar-refractivity contribution in [2.24, 2.45) is 0 Å². The monoisotopic (exact) mass is 289 g/mol. The summed E-state index contributed by atoms with van der Waals surface area (Å²) in [7, 11) is 0. The van der Waals surface area contributed by atoms with Gasteiger partial charge >= 0.3 is 0 Å². The van der Waals surface area contributed by atoms with Gasteiger partial charge in [-0.25, -0.2) is 0 Å². The molecular weight excluding hydrogens is 266 g/mol. The Hall–Kier alpha value is -1.88. The van der Waals surface area contributed by atoms with Crippen LogP contribution in [0.4, 0.5) is 0 Å². The van der Waals surface area contributed by atoms with Crippen LogP contribution in [0.15, 0.2) is 30.3 Å². The smallest absolute Gasteiger partial charge is 0.222 e. The fourth-order valence-corrected chi connectivity index (χ4v) is 2.65. The average Bonchev–Trinajstić information content (AvgIpc) is 2.52. The normalized spacial score (nSPS) is 21.3. The van der Waals surface area contributed by atoms with Gasteiger partial charge in [0.1, 0.15) is 0 Å². The predicted octanol–water partition coefficient (Wildman–Crippen LogP) is 1.08. The SMILES string of the molecule is CC(=O)N1CCCNCCNC(=O)CC1c1ccccc1. The molecule has 0 bridgehead atoms. The molecule has 1 heterocycles. The third-order valence-electron chi connectivity index (χ3n) is 3.72. The van der Waals surface area contributed by atoms with Crippen molar-refractivity contribution >= 4 is 11.8 Å². The summed E-state index contributed by atoms with van der Waals surface area (Å²) in [5, 5.41) is 6.16. The molecule has 1 saturated heterocycles. The zero-order valence-electron chi connectivity index (χ0n) is 12.5. The number of nitrogens with zero attached hydrogens (tertiary/aromatic N) is 1. The van der Waals surface area contributed by atoms with Crippen LogP contribution >= 0.6 is 0 Å². The summed E-state index contributed by atoms with van der Waals surface area (Å²) in [4.78, 5) is 25.9. The molecule has 1 fully saturated rings. The third-order valence-corrected chi connectivity index (χ3v) is 3.72. The van der Waals surface area contributed by atoms with E-state index in [-0.39, 0.29) is 17.9 Å². The lowest BCUT2D eigenvalue weighted by Crippen LogP contribution is -2.37. The van der Waals surface area contributed by atoms with Gasteiger partial charge in [0.05, 0.1) is 12.5 Å². The molecule has 0 radical (unpaired) electrons. The van der Waals surface area contributed by atoms with E-state index in [1.807, 2.05) is 35.2 Å². The Balaban J connectivity index is 2.25. The van der Waals surface area contributed by atoms with Gasteiger partial charge in [0, 0.05) is 26.6 Å². The van der Waals surface area contributed by atoms with Crippen LogP contribution in [0.5, 0.6) is 0 Å². The summed E-state index contributed by atoms with van der Waals surface area (Å²) in [6.45, 7) is 4.47. The van der Waals surface area contributed by atoms with E-state index < -0.39 is 0 Å². The Labute approximate surface area is 125 Å². The molecule has 1 aromatic carbocycles. The van der Waals surface area contributed by atoms with E-state index in [1.165, 1.54) is 0 Å². The van der Waals surface area contributed by atoms with Crippen molar-refractivity contribution in [2.45, 2.75) is 25.8 Å². The standard InChI is InChI=1S/C16H23N3O2/c1-13(20)19-11-5-8-17-9-10-18-16(21)12-15(19)14-6-3-2-4-7-14/h2-4,6-7,15,17H,5,8-12H2,1H3,(H,18,21). The second-order valence-corrected chi connectivity index (χ2v) is 5.30. The van der Waals surface area contributed by atoms with Gasteiger partial charge in [-0.3, -0.25) is 9.59 Å². The second-order valence-electron chi connectivity index (χ2n) is 5.30. The molecule has 5 heteroatoms. The van der Waals surface area contributed by atoms with Crippen molar-refractivity contribution in [3.63, 3.8) is 0 Å². The molecule has 1 aliphatic heterocycles. The van der Waals surface area contributed by atoms with Crippen LogP contribution in [0.1, 0.15) is 31.4 Å². The van der Waals surface area contributed by atoms with E-state index in [0.29, 0.717) is 19.5 Å². The highest BCUT2D eigenvalue weighted by molar-refractivity contribution is 5.79. The van der Waals surface area contributed by atoms with E-state index in [0.717, 1.165) is 25.1 Å². The van der Waals surface area contributed by atoms with Crippen LogP contribution in [0.2, 0.25) is 0 Å². The first kappa shape index (κ1) is 15.5. The van der Waals surface area contributed by atoms with Gasteiger partial charge in [0.2, 0.25) is 11.8 Å². The molecule has 2 amide bonds. The summed E-state index contributed by atoms with van der Waals surface area (Å²) in [6.07, 6.45) is 1.20. The fraction of sp³-hybridized carbons (Fsp3) is 0.500. The van der Waals surface area contributed by atoms with E-state index in [4.69, 9.17) is 0 Å². The number of hydrogen-bond acceptors (Lipinski definition) is 3. The second kappa shape index (κ2) is 7.78. The predicted molar refractivity (Wildman–Crippen MR) is 81.7 cm³/mol. The van der Waals surface area contributed by atoms with Gasteiger partial charge in [-0.15, -0.1) is 0 Å². The number of nitrogens with one attached hydrogen (secondary N) is 2. The van der Waals surface area contributed by atoms with E-state index in [2.05, 4.69) is 10.6 Å². The highest BCUT2D eigenvalue weighted by Crippen LogP contribution is 2.24. The Morgan fingerprint density at radius 1 is 1.19 bits per heavy atom. The van der Waals surface area contributed by atoms with E-state index >= 15 is 0 Å². The van der Waals surface area contributed by atoms with Gasteiger partial charge in [0.15, 0.2) is 0 Å². The van der Waals surface area contributed by atoms with Crippen LogP contribution in [-0.2, 0) is 9.59 Å². The van der Waals surface area contributed by atoms with Gasteiger partial charge < -0.3 is 15.5 Å². The molecule has 1 atom stereocenters. The summed E-state index contributed by atoms with van der Waals surface area (Å²) in [5.74, 6) is -0.00490. The van der Waals surface area contributed by atoms with Gasteiger partial charge in [-0.05, 0) is 18.5 Å². The van der Waals surface area contributed by atoms with E-state index in [1.54, 1.807) is 6.92 Å². The van der Waals surface area contributed by atoms with Crippen molar-refractivity contribution in [3.05, 3.63) is 35.9 Å². The van der Waals surface area contributed by atoms with Crippen LogP contribution < -0.4 is 10.6 Å². The zero-order chi connectivity index (χ0) is 15.1. The summed E-state index contributed by atoms with van der Waals surface area (Å²) in [5.41, 5.74) is 1.01. The number of amides is 2. The molecule has 2 rings (SSSR count). The lowest BCUT2D eigenvalue weighted by Gasteiger charge is -2.31. The Bertz CT molecular complexity index is 476. The summed E-state index contributed by atoms with van der Waals surface area (Å²) >= 11 is 0. The Morgan fingerprint density at radius 2 is 1.95 bits per heavy atom. The number of benzene rings is 1. The first-order valence-electron chi connectivity index (χ1n) is 7.48. The lowest BCUT2D eigenvalue weighted by atomic mass is 10.0. The van der Waals surface area contributed by atoms with Crippen molar-refractivity contribution in [1.29, 1.82) is 0 Å². The summed E-state index contributed by atoms with van der Waals surface area (Å²) in [6, 6.07) is 9.59. The van der Waals surface area contributed by atoms with Crippen molar-refractivity contribution < 1.29 is 9.59 Å². The average molecular weight is 289 g/mol. The maximum atomic E-state index is 12.1. The topological polar surface area (TPSA) is 61.4 Å². The molecule has 1 unspecified atom stereocenters. The molecule has 21 heavy (non-hydrogen) atoms.